The number of aliphatic hydroxyl groups is 1. The third kappa shape index (κ3) is 13.7. The second-order valence-corrected chi connectivity index (χ2v) is 15.0. The minimum Gasteiger partial charge on any atom is -0.431 e. The first-order chi connectivity index (χ1) is 28.9. The number of alkyl halides is 2. The van der Waals surface area contributed by atoms with Gasteiger partial charge in [-0.05, 0) is 62.3 Å². The van der Waals surface area contributed by atoms with Crippen LogP contribution >= 0.6 is 0 Å². The summed E-state index contributed by atoms with van der Waals surface area (Å²) < 4.78 is 45.3. The molecule has 2 aliphatic rings. The van der Waals surface area contributed by atoms with Gasteiger partial charge in [-0.3, -0.25) is 33.4 Å². The Hall–Kier alpha value is -6.09. The summed E-state index contributed by atoms with van der Waals surface area (Å²) in [5.74, 6) is -7.06. The molecule has 21 heteroatoms. The molecule has 4 rings (SSSR count). The highest BCUT2D eigenvalue weighted by atomic mass is 19.3. The van der Waals surface area contributed by atoms with Crippen LogP contribution in [-0.2, 0) is 44.8 Å². The van der Waals surface area contributed by atoms with Crippen molar-refractivity contribution in [3.63, 3.8) is 0 Å². The van der Waals surface area contributed by atoms with Crippen LogP contribution in [0.2, 0.25) is 0 Å². The zero-order valence-electron chi connectivity index (χ0n) is 34.0. The Balaban J connectivity index is 1.26. The van der Waals surface area contributed by atoms with E-state index in [0.717, 1.165) is 11.1 Å². The lowest BCUT2D eigenvalue weighted by Crippen LogP contribution is -2.45. The van der Waals surface area contributed by atoms with Crippen LogP contribution < -0.4 is 27.4 Å². The van der Waals surface area contributed by atoms with Crippen LogP contribution in [0.4, 0.5) is 24.1 Å². The predicted molar refractivity (Wildman–Crippen MR) is 210 cm³/mol. The number of primary amides is 1. The second kappa shape index (κ2) is 22.0. The number of halogens is 2. The Morgan fingerprint density at radius 2 is 1.67 bits per heavy atom. The molecular formula is C40H51F2N7O12. The summed E-state index contributed by atoms with van der Waals surface area (Å²) in [4.78, 5) is 104. The normalized spacial score (nSPS) is 19.1. The highest BCUT2D eigenvalue weighted by Gasteiger charge is 2.60. The number of aryl methyl sites for hydroxylation is 1. The van der Waals surface area contributed by atoms with E-state index in [1.54, 1.807) is 13.8 Å². The summed E-state index contributed by atoms with van der Waals surface area (Å²) in [6.45, 7) is 4.28. The lowest BCUT2D eigenvalue weighted by atomic mass is 9.89. The van der Waals surface area contributed by atoms with Crippen molar-refractivity contribution < 1.29 is 61.7 Å². The van der Waals surface area contributed by atoms with Gasteiger partial charge < -0.3 is 41.0 Å². The van der Waals surface area contributed by atoms with Gasteiger partial charge in [-0.25, -0.2) is 14.4 Å². The molecule has 61 heavy (non-hydrogen) atoms. The van der Waals surface area contributed by atoms with Crippen LogP contribution in [0.1, 0.15) is 76.3 Å². The fourth-order valence-electron chi connectivity index (χ4n) is 6.55. The van der Waals surface area contributed by atoms with E-state index in [2.05, 4.69) is 20.9 Å². The van der Waals surface area contributed by atoms with E-state index in [1.165, 1.54) is 49.4 Å². The van der Waals surface area contributed by atoms with Crippen LogP contribution in [0.15, 0.2) is 53.5 Å². The number of amides is 6. The number of anilines is 1. The summed E-state index contributed by atoms with van der Waals surface area (Å²) in [5, 5.41) is 18.1. The van der Waals surface area contributed by atoms with E-state index in [4.69, 9.17) is 19.9 Å². The number of aromatic nitrogens is 2. The Morgan fingerprint density at radius 3 is 2.31 bits per heavy atom. The predicted octanol–water partition coefficient (Wildman–Crippen LogP) is 2.39. The maximum absolute atomic E-state index is 14.8. The van der Waals surface area contributed by atoms with Gasteiger partial charge in [0.2, 0.25) is 18.0 Å². The van der Waals surface area contributed by atoms with Crippen molar-refractivity contribution in [2.24, 2.45) is 17.6 Å². The van der Waals surface area contributed by atoms with E-state index in [-0.39, 0.29) is 68.4 Å². The second-order valence-electron chi connectivity index (χ2n) is 15.0. The lowest BCUT2D eigenvalue weighted by Gasteiger charge is -2.24. The highest BCUT2D eigenvalue weighted by molar-refractivity contribution is 6.12. The third-order valence-corrected chi connectivity index (χ3v) is 9.91. The highest BCUT2D eigenvalue weighted by Crippen LogP contribution is 2.42. The first kappa shape index (κ1) is 47.6. The number of Topliss-reactive ketones (excluding diaryl/α,β-unsaturated/α-hetero) is 1. The number of imide groups is 1. The quantitative estimate of drug-likeness (QED) is 0.0648. The fourth-order valence-corrected chi connectivity index (χ4v) is 6.55. The molecule has 1 aromatic carbocycles. The van der Waals surface area contributed by atoms with Crippen molar-refractivity contribution in [2.45, 2.75) is 103 Å². The number of rotatable bonds is 22. The summed E-state index contributed by atoms with van der Waals surface area (Å²) in [6, 6.07) is 5.75. The standard InChI is InChI=1S/C40H51F2N7O12/c1-23(2)33(47-30(51)9-5-4-6-18-48-31(52)14-15-32(48)53)28(50)20-26(8-7-17-44-37(43)56)35(55)46-27-12-10-25(11-13-27)21-59-39(58)60-22-29-34(54)40(41,42)36(61-29)49-19-16-24(3)45-38(49)57/h10-16,19,23,26,29,33-34,36,54H,4-9,17-18,20-22H2,1-3H3,(H,46,55)(H,47,51)(H3,43,44,56)/t26-,29-,33+,34-,36-/m1/s1. The van der Waals surface area contributed by atoms with Gasteiger partial charge in [0.1, 0.15) is 19.3 Å². The van der Waals surface area contributed by atoms with Crippen molar-refractivity contribution in [1.82, 2.24) is 25.1 Å². The largest absolute Gasteiger partial charge is 0.508 e. The molecular weight excluding hydrogens is 808 g/mol. The molecule has 6 N–H and O–H groups in total. The number of carbonyl (C=O) groups excluding carboxylic acids is 7. The molecule has 2 aromatic rings. The monoisotopic (exact) mass is 859 g/mol. The molecule has 0 bridgehead atoms. The summed E-state index contributed by atoms with van der Waals surface area (Å²) in [6.07, 6.45) is -2.14. The number of benzene rings is 1. The maximum atomic E-state index is 14.8. The van der Waals surface area contributed by atoms with Crippen molar-refractivity contribution in [3.05, 3.63) is 70.4 Å². The van der Waals surface area contributed by atoms with Crippen LogP contribution in [0.3, 0.4) is 0 Å². The van der Waals surface area contributed by atoms with Gasteiger partial charge >= 0.3 is 23.8 Å². The number of unbranched alkanes of at least 4 members (excludes halogenated alkanes) is 2. The molecule has 0 unspecified atom stereocenters. The van der Waals surface area contributed by atoms with Gasteiger partial charge in [-0.15, -0.1) is 0 Å². The Labute approximate surface area is 349 Å². The number of carbonyl (C=O) groups is 7. The molecule has 3 heterocycles. The smallest absolute Gasteiger partial charge is 0.431 e. The average Bonchev–Trinajstić information content (AvgIpc) is 3.64. The van der Waals surface area contributed by atoms with Gasteiger partial charge in [-0.1, -0.05) is 32.4 Å². The fraction of sp³-hybridized carbons (Fsp3) is 0.525. The topological polar surface area (TPSA) is 268 Å². The van der Waals surface area contributed by atoms with Crippen LogP contribution in [0.25, 0.3) is 0 Å². The number of nitrogens with one attached hydrogen (secondary N) is 3. The Kier molecular flexibility index (Phi) is 17.1. The molecule has 0 saturated carbocycles. The molecule has 5 atom stereocenters. The third-order valence-electron chi connectivity index (χ3n) is 9.91. The molecule has 0 aliphatic carbocycles. The van der Waals surface area contributed by atoms with E-state index < -0.39 is 66.7 Å². The molecule has 332 valence electrons. The van der Waals surface area contributed by atoms with Gasteiger partial charge in [-0.2, -0.15) is 13.8 Å². The first-order valence-corrected chi connectivity index (χ1v) is 19.7. The van der Waals surface area contributed by atoms with E-state index >= 15 is 0 Å². The number of ketones is 1. The Morgan fingerprint density at radius 1 is 0.984 bits per heavy atom. The number of hydrogen-bond donors (Lipinski definition) is 5. The van der Waals surface area contributed by atoms with Crippen LogP contribution in [0, 0.1) is 18.8 Å². The minimum atomic E-state index is -3.91. The van der Waals surface area contributed by atoms with E-state index in [9.17, 15) is 52.2 Å². The van der Waals surface area contributed by atoms with E-state index in [0.29, 0.717) is 47.2 Å². The van der Waals surface area contributed by atoms with Crippen molar-refractivity contribution >= 4 is 47.3 Å². The molecule has 19 nitrogen and oxygen atoms in total. The number of urea groups is 1. The van der Waals surface area contributed by atoms with Crippen LogP contribution in [0.5, 0.6) is 0 Å². The number of ether oxygens (including phenoxy) is 3. The SMILES string of the molecule is Cc1ccn([C@@H]2O[C@H](COC(=O)OCc3ccc(NC(=O)[C@H](CCCNC(N)=O)CC(=O)[C@@H](NC(=O)CCCCCN4C(=O)C=CC4=O)C(C)C)cc3)[C@@H](O)C2(F)F)c(=O)n1. The number of hydrogen-bond acceptors (Lipinski definition) is 13. The number of aliphatic hydroxyl groups excluding tert-OH is 1. The van der Waals surface area contributed by atoms with Crippen molar-refractivity contribution in [1.29, 1.82) is 0 Å². The molecule has 6 amide bonds. The lowest BCUT2D eigenvalue weighted by molar-refractivity contribution is -0.141. The Bertz CT molecular complexity index is 1990. The zero-order chi connectivity index (χ0) is 44.9. The van der Waals surface area contributed by atoms with Gasteiger partial charge in [0.25, 0.3) is 11.8 Å². The maximum Gasteiger partial charge on any atom is 0.508 e. The molecule has 2 aliphatic heterocycles. The first-order valence-electron chi connectivity index (χ1n) is 19.7. The number of nitrogens with two attached hydrogens (primary N) is 1. The van der Waals surface area contributed by atoms with E-state index in [1.807, 2.05) is 0 Å². The molecule has 1 saturated heterocycles. The summed E-state index contributed by atoms with van der Waals surface area (Å²) >= 11 is 0. The summed E-state index contributed by atoms with van der Waals surface area (Å²) in [7, 11) is 0. The minimum absolute atomic E-state index is 0.112. The molecule has 1 aromatic heterocycles. The molecule has 0 radical (unpaired) electrons. The van der Waals surface area contributed by atoms with Gasteiger partial charge in [0.15, 0.2) is 11.9 Å². The zero-order valence-corrected chi connectivity index (χ0v) is 34.0. The molecule has 1 fully saturated rings. The summed E-state index contributed by atoms with van der Waals surface area (Å²) in [5.41, 5.74) is 5.21. The van der Waals surface area contributed by atoms with Gasteiger partial charge in [0.05, 0.1) is 6.04 Å². The number of nitrogens with zero attached hydrogens (tertiary/aromatic N) is 3. The van der Waals surface area contributed by atoms with Gasteiger partial charge in [0, 0.05) is 61.6 Å². The van der Waals surface area contributed by atoms with Crippen molar-refractivity contribution in [3.8, 4) is 0 Å². The molecule has 0 spiro atoms. The van der Waals surface area contributed by atoms with Crippen LogP contribution in [-0.4, -0.2) is 105 Å². The average molecular weight is 860 g/mol. The van der Waals surface area contributed by atoms with Crippen molar-refractivity contribution in [2.75, 3.05) is 25.0 Å².